The van der Waals surface area contributed by atoms with Gasteiger partial charge >= 0.3 is 0 Å². The first-order valence-corrected chi connectivity index (χ1v) is 5.67. The summed E-state index contributed by atoms with van der Waals surface area (Å²) >= 11 is 5.10. The van der Waals surface area contributed by atoms with E-state index in [0.29, 0.717) is 4.77 Å². The summed E-state index contributed by atoms with van der Waals surface area (Å²) in [6.07, 6.45) is 1.72. The highest BCUT2D eigenvalue weighted by Gasteiger charge is 2.13. The molecule has 17 heavy (non-hydrogen) atoms. The van der Waals surface area contributed by atoms with Crippen LogP contribution in [0.25, 0.3) is 5.69 Å². The Balaban J connectivity index is 2.72. The minimum absolute atomic E-state index is 0.139. The number of rotatable bonds is 2. The first-order chi connectivity index (χ1) is 8.00. The summed E-state index contributed by atoms with van der Waals surface area (Å²) in [6.45, 7) is 3.93. The smallest absolute Gasteiger partial charge is 0.182 e. The normalized spacial score (nSPS) is 11.1. The maximum Gasteiger partial charge on any atom is 0.182 e. The van der Waals surface area contributed by atoms with Crippen LogP contribution in [0.15, 0.2) is 24.4 Å². The fraction of sp³-hybridized carbons (Fsp3) is 0.250. The van der Waals surface area contributed by atoms with Crippen LogP contribution in [0, 0.1) is 16.4 Å². The summed E-state index contributed by atoms with van der Waals surface area (Å²) < 4.78 is 28.8. The van der Waals surface area contributed by atoms with Gasteiger partial charge in [-0.1, -0.05) is 13.8 Å². The van der Waals surface area contributed by atoms with E-state index in [1.54, 1.807) is 6.20 Å². The summed E-state index contributed by atoms with van der Waals surface area (Å²) in [7, 11) is 0. The van der Waals surface area contributed by atoms with E-state index in [9.17, 15) is 8.78 Å². The van der Waals surface area contributed by atoms with Crippen molar-refractivity contribution in [2.24, 2.45) is 0 Å². The highest BCUT2D eigenvalue weighted by atomic mass is 32.1. The molecule has 0 saturated carbocycles. The third kappa shape index (κ3) is 2.15. The van der Waals surface area contributed by atoms with Crippen molar-refractivity contribution in [2.75, 3.05) is 0 Å². The summed E-state index contributed by atoms with van der Waals surface area (Å²) in [6, 6.07) is 3.33. The lowest BCUT2D eigenvalue weighted by atomic mass is 10.1. The lowest BCUT2D eigenvalue weighted by Gasteiger charge is -2.11. The molecule has 0 amide bonds. The van der Waals surface area contributed by atoms with Crippen LogP contribution >= 0.6 is 12.2 Å². The van der Waals surface area contributed by atoms with E-state index in [-0.39, 0.29) is 11.6 Å². The predicted molar refractivity (Wildman–Crippen MR) is 65.0 cm³/mol. The molecule has 1 N–H and O–H groups in total. The first kappa shape index (κ1) is 12.0. The number of hydrogen-bond donors (Lipinski definition) is 1. The molecule has 0 bridgehead atoms. The number of nitrogens with zero attached hydrogens (tertiary/aromatic N) is 1. The second kappa shape index (κ2) is 4.41. The zero-order valence-electron chi connectivity index (χ0n) is 9.50. The lowest BCUT2D eigenvalue weighted by Crippen LogP contribution is -2.04. The number of hydrogen-bond acceptors (Lipinski definition) is 1. The molecule has 0 aliphatic rings. The molecule has 0 aliphatic carbocycles. The minimum atomic E-state index is -0.496. The zero-order valence-corrected chi connectivity index (χ0v) is 10.3. The molecule has 0 unspecified atom stereocenters. The van der Waals surface area contributed by atoms with Gasteiger partial charge in [0.05, 0.1) is 5.69 Å². The van der Waals surface area contributed by atoms with Crippen molar-refractivity contribution in [3.63, 3.8) is 0 Å². The van der Waals surface area contributed by atoms with E-state index in [2.05, 4.69) is 4.98 Å². The molecule has 0 radical (unpaired) electrons. The van der Waals surface area contributed by atoms with Gasteiger partial charge in [-0.15, -0.1) is 0 Å². The molecule has 1 heterocycles. The van der Waals surface area contributed by atoms with Crippen LogP contribution in [0.1, 0.15) is 25.5 Å². The number of halogens is 2. The van der Waals surface area contributed by atoms with Crippen LogP contribution in [0.2, 0.25) is 0 Å². The Morgan fingerprint density at radius 3 is 2.65 bits per heavy atom. The highest BCUT2D eigenvalue weighted by molar-refractivity contribution is 7.71. The van der Waals surface area contributed by atoms with Crippen LogP contribution in [-0.4, -0.2) is 9.55 Å². The van der Waals surface area contributed by atoms with Crippen LogP contribution in [-0.2, 0) is 0 Å². The summed E-state index contributed by atoms with van der Waals surface area (Å²) in [4.78, 5) is 2.85. The second-order valence-electron chi connectivity index (χ2n) is 4.10. The van der Waals surface area contributed by atoms with Crippen molar-refractivity contribution in [3.8, 4) is 5.69 Å². The van der Waals surface area contributed by atoms with Gasteiger partial charge in [0.2, 0.25) is 0 Å². The standard InChI is InChI=1S/C12H12F2N2S/c1-7(2)11-6-15-12(17)16(11)10-5-8(13)3-4-9(10)14/h3-7H,1-2H3,(H,15,17). The van der Waals surface area contributed by atoms with Crippen LogP contribution in [0.3, 0.4) is 0 Å². The Kier molecular flexibility index (Phi) is 3.11. The van der Waals surface area contributed by atoms with E-state index in [1.807, 2.05) is 13.8 Å². The van der Waals surface area contributed by atoms with Crippen molar-refractivity contribution >= 4 is 12.2 Å². The molecule has 2 rings (SSSR count). The number of aromatic nitrogens is 2. The number of aromatic amines is 1. The largest absolute Gasteiger partial charge is 0.337 e. The Morgan fingerprint density at radius 2 is 2.00 bits per heavy atom. The maximum atomic E-state index is 13.7. The first-order valence-electron chi connectivity index (χ1n) is 5.26. The van der Waals surface area contributed by atoms with Crippen LogP contribution in [0.4, 0.5) is 8.78 Å². The van der Waals surface area contributed by atoms with E-state index >= 15 is 0 Å². The molecular weight excluding hydrogens is 242 g/mol. The molecule has 0 saturated heterocycles. The molecule has 0 atom stereocenters. The Hall–Kier alpha value is -1.49. The quantitative estimate of drug-likeness (QED) is 0.805. The fourth-order valence-corrected chi connectivity index (χ4v) is 1.98. The highest BCUT2D eigenvalue weighted by Crippen LogP contribution is 2.22. The molecule has 0 fully saturated rings. The minimum Gasteiger partial charge on any atom is -0.337 e. The third-order valence-electron chi connectivity index (χ3n) is 2.55. The number of nitrogens with one attached hydrogen (secondary N) is 1. The molecule has 1 aromatic carbocycles. The summed E-state index contributed by atoms with van der Waals surface area (Å²) in [5.41, 5.74) is 0.958. The van der Waals surface area contributed by atoms with Gasteiger partial charge in [0.25, 0.3) is 0 Å². The molecule has 5 heteroatoms. The average molecular weight is 254 g/mol. The third-order valence-corrected chi connectivity index (χ3v) is 2.85. The van der Waals surface area contributed by atoms with E-state index in [4.69, 9.17) is 12.2 Å². The molecular formula is C12H12F2N2S. The summed E-state index contributed by atoms with van der Waals surface area (Å²) in [5.74, 6) is -0.825. The lowest BCUT2D eigenvalue weighted by molar-refractivity contribution is 0.588. The van der Waals surface area contributed by atoms with Gasteiger partial charge in [-0.3, -0.25) is 4.57 Å². The van der Waals surface area contributed by atoms with Gasteiger partial charge in [-0.2, -0.15) is 0 Å². The molecule has 90 valence electrons. The number of imidazole rings is 1. The molecule has 1 aromatic heterocycles. The van der Waals surface area contributed by atoms with E-state index in [1.165, 1.54) is 4.57 Å². The van der Waals surface area contributed by atoms with Gasteiger partial charge in [0, 0.05) is 18.0 Å². The molecule has 2 nitrogen and oxygen atoms in total. The van der Waals surface area contributed by atoms with Crippen molar-refractivity contribution in [2.45, 2.75) is 19.8 Å². The Bertz CT molecular complexity index is 599. The van der Waals surface area contributed by atoms with Crippen molar-refractivity contribution in [1.29, 1.82) is 0 Å². The maximum absolute atomic E-state index is 13.7. The van der Waals surface area contributed by atoms with Gasteiger partial charge in [-0.25, -0.2) is 8.78 Å². The number of benzene rings is 1. The number of H-pyrrole nitrogens is 1. The van der Waals surface area contributed by atoms with Crippen molar-refractivity contribution in [3.05, 3.63) is 46.5 Å². The molecule has 0 aliphatic heterocycles. The van der Waals surface area contributed by atoms with Crippen LogP contribution < -0.4 is 0 Å². The van der Waals surface area contributed by atoms with Crippen molar-refractivity contribution in [1.82, 2.24) is 9.55 Å². The second-order valence-corrected chi connectivity index (χ2v) is 4.49. The van der Waals surface area contributed by atoms with Gasteiger partial charge in [0.1, 0.15) is 11.6 Å². The van der Waals surface area contributed by atoms with Gasteiger partial charge in [0.15, 0.2) is 4.77 Å². The average Bonchev–Trinajstić information content (AvgIpc) is 2.64. The SMILES string of the molecule is CC(C)c1c[nH]c(=S)n1-c1cc(F)ccc1F. The summed E-state index contributed by atoms with van der Waals surface area (Å²) in [5, 5.41) is 0. The molecule has 0 spiro atoms. The van der Waals surface area contributed by atoms with Gasteiger partial charge in [-0.05, 0) is 30.3 Å². The van der Waals surface area contributed by atoms with Crippen LogP contribution in [0.5, 0.6) is 0 Å². The fourth-order valence-electron chi connectivity index (χ4n) is 1.71. The monoisotopic (exact) mass is 254 g/mol. The zero-order chi connectivity index (χ0) is 12.6. The molecule has 2 aromatic rings. The van der Waals surface area contributed by atoms with Gasteiger partial charge < -0.3 is 4.98 Å². The Morgan fingerprint density at radius 1 is 1.29 bits per heavy atom. The van der Waals surface area contributed by atoms with Crippen molar-refractivity contribution < 1.29 is 8.78 Å². The van der Waals surface area contributed by atoms with E-state index in [0.717, 1.165) is 23.9 Å². The Labute approximate surface area is 103 Å². The van der Waals surface area contributed by atoms with E-state index < -0.39 is 11.6 Å². The topological polar surface area (TPSA) is 20.7 Å². The predicted octanol–water partition coefficient (Wildman–Crippen LogP) is 3.94.